The van der Waals surface area contributed by atoms with Gasteiger partial charge in [0, 0.05) is 17.6 Å². The van der Waals surface area contributed by atoms with Crippen LogP contribution in [0.25, 0.3) is 0 Å². The van der Waals surface area contributed by atoms with Crippen molar-refractivity contribution in [1.82, 2.24) is 4.90 Å². The summed E-state index contributed by atoms with van der Waals surface area (Å²) < 4.78 is 6.45. The number of likely N-dealkylation sites (tertiary alicyclic amines) is 1. The quantitative estimate of drug-likeness (QED) is 0.849. The van der Waals surface area contributed by atoms with Crippen molar-refractivity contribution < 1.29 is 9.53 Å². The molecule has 0 aliphatic carbocycles. The van der Waals surface area contributed by atoms with E-state index in [1.54, 1.807) is 0 Å². The number of carbonyl (C=O) groups is 1. The molecule has 3 rings (SSSR count). The highest BCUT2D eigenvalue weighted by molar-refractivity contribution is 9.10. The van der Waals surface area contributed by atoms with E-state index in [-0.39, 0.29) is 12.5 Å². The summed E-state index contributed by atoms with van der Waals surface area (Å²) in [6.07, 6.45) is 4.64. The Bertz CT molecular complexity index is 501. The lowest BCUT2D eigenvalue weighted by atomic mass is 10.1. The summed E-state index contributed by atoms with van der Waals surface area (Å²) in [6, 6.07) is 5.80. The van der Waals surface area contributed by atoms with E-state index in [2.05, 4.69) is 27.3 Å². The molecule has 0 spiro atoms. The van der Waals surface area contributed by atoms with Gasteiger partial charge in [-0.2, -0.15) is 0 Å². The molecule has 0 unspecified atom stereocenters. The first-order valence-corrected chi connectivity index (χ1v) is 7.80. The van der Waals surface area contributed by atoms with Crippen molar-refractivity contribution >= 4 is 27.5 Å². The molecule has 20 heavy (non-hydrogen) atoms. The number of fused-ring (bicyclic) bond motifs is 1. The van der Waals surface area contributed by atoms with E-state index in [0.717, 1.165) is 54.9 Å². The van der Waals surface area contributed by atoms with Gasteiger partial charge in [-0.15, -0.1) is 0 Å². The number of benzene rings is 1. The number of halogens is 1. The molecule has 0 aromatic heterocycles. The van der Waals surface area contributed by atoms with Crippen LogP contribution in [-0.4, -0.2) is 43.6 Å². The Labute approximate surface area is 127 Å². The number of carbonyl (C=O) groups excluding carboxylic acids is 1. The maximum atomic E-state index is 12.1. The smallest absolute Gasteiger partial charge is 0.265 e. The largest absolute Gasteiger partial charge is 0.482 e. The molecule has 2 aliphatic rings. The number of nitrogens with zero attached hydrogens (tertiary/aromatic N) is 2. The summed E-state index contributed by atoms with van der Waals surface area (Å²) in [4.78, 5) is 16.4. The van der Waals surface area contributed by atoms with Gasteiger partial charge in [0.1, 0.15) is 5.75 Å². The van der Waals surface area contributed by atoms with Gasteiger partial charge in [0.25, 0.3) is 5.91 Å². The summed E-state index contributed by atoms with van der Waals surface area (Å²) in [6.45, 7) is 3.99. The molecule has 1 radical (unpaired) electrons. The molecule has 4 nitrogen and oxygen atoms in total. The monoisotopic (exact) mass is 337 g/mol. The normalized spacial score (nSPS) is 19.6. The fourth-order valence-electron chi connectivity index (χ4n) is 2.69. The lowest BCUT2D eigenvalue weighted by molar-refractivity contribution is -0.121. The Morgan fingerprint density at radius 3 is 2.80 bits per heavy atom. The zero-order valence-electron chi connectivity index (χ0n) is 11.3. The van der Waals surface area contributed by atoms with E-state index < -0.39 is 0 Å². The van der Waals surface area contributed by atoms with Crippen LogP contribution < -0.4 is 9.64 Å². The molecule has 5 heteroatoms. The zero-order chi connectivity index (χ0) is 13.9. The maximum Gasteiger partial charge on any atom is 0.265 e. The third-order valence-electron chi connectivity index (χ3n) is 3.80. The predicted octanol–water partition coefficient (Wildman–Crippen LogP) is 2.47. The molecule has 0 atom stereocenters. The van der Waals surface area contributed by atoms with Crippen LogP contribution in [0.4, 0.5) is 5.69 Å². The lowest BCUT2D eigenvalue weighted by Gasteiger charge is -2.33. The highest BCUT2D eigenvalue weighted by Gasteiger charge is 2.26. The van der Waals surface area contributed by atoms with Gasteiger partial charge in [-0.25, -0.2) is 0 Å². The fraction of sp³-hybridized carbons (Fsp3) is 0.467. The topological polar surface area (TPSA) is 32.8 Å². The van der Waals surface area contributed by atoms with E-state index in [0.29, 0.717) is 0 Å². The molecule has 2 aliphatic heterocycles. The SMILES string of the molecule is O=C1COc2ccc(Br)cc2N1CCN1CC[CH]CC1. The average Bonchev–Trinajstić information content (AvgIpc) is 2.47. The highest BCUT2D eigenvalue weighted by Crippen LogP contribution is 2.34. The number of piperidine rings is 1. The van der Waals surface area contributed by atoms with E-state index in [1.165, 1.54) is 0 Å². The Kier molecular flexibility index (Phi) is 4.27. The Morgan fingerprint density at radius 2 is 2.00 bits per heavy atom. The standard InChI is InChI=1S/C15H18BrN2O2/c16-12-4-5-14-13(10-12)18(15(19)11-20-14)9-8-17-6-2-1-3-7-17/h1,4-5,10H,2-3,6-9,11H2. The van der Waals surface area contributed by atoms with E-state index in [1.807, 2.05) is 23.1 Å². The Hall–Kier alpha value is -1.07. The fourth-order valence-corrected chi connectivity index (χ4v) is 3.04. The Morgan fingerprint density at radius 1 is 1.20 bits per heavy atom. The zero-order valence-corrected chi connectivity index (χ0v) is 12.9. The molecule has 1 fully saturated rings. The second-order valence-electron chi connectivity index (χ2n) is 5.15. The lowest BCUT2D eigenvalue weighted by Crippen LogP contribution is -2.44. The van der Waals surface area contributed by atoms with Crippen LogP contribution in [0, 0.1) is 6.42 Å². The van der Waals surface area contributed by atoms with E-state index >= 15 is 0 Å². The first-order chi connectivity index (χ1) is 9.74. The van der Waals surface area contributed by atoms with Crippen molar-refractivity contribution in [2.24, 2.45) is 0 Å². The minimum absolute atomic E-state index is 0.0409. The van der Waals surface area contributed by atoms with Gasteiger partial charge in [-0.05, 0) is 50.6 Å². The summed E-state index contributed by atoms with van der Waals surface area (Å²) >= 11 is 3.46. The summed E-state index contributed by atoms with van der Waals surface area (Å²) in [7, 11) is 0. The van der Waals surface area contributed by atoms with Gasteiger partial charge in [0.15, 0.2) is 6.61 Å². The van der Waals surface area contributed by atoms with Crippen LogP contribution in [0.15, 0.2) is 22.7 Å². The molecule has 1 saturated heterocycles. The molecule has 1 aromatic rings. The van der Waals surface area contributed by atoms with Crippen molar-refractivity contribution in [3.8, 4) is 5.75 Å². The molecular weight excluding hydrogens is 320 g/mol. The molecule has 0 N–H and O–H groups in total. The van der Waals surface area contributed by atoms with Crippen LogP contribution in [0.1, 0.15) is 12.8 Å². The molecule has 0 saturated carbocycles. The molecule has 1 aromatic carbocycles. The third kappa shape index (κ3) is 2.99. The average molecular weight is 338 g/mol. The number of hydrogen-bond acceptors (Lipinski definition) is 3. The summed E-state index contributed by atoms with van der Waals surface area (Å²) in [5, 5.41) is 0. The van der Waals surface area contributed by atoms with Gasteiger partial charge in [-0.3, -0.25) is 4.79 Å². The molecule has 1 amide bonds. The van der Waals surface area contributed by atoms with Crippen molar-refractivity contribution in [3.63, 3.8) is 0 Å². The van der Waals surface area contributed by atoms with E-state index in [4.69, 9.17) is 4.74 Å². The summed E-state index contributed by atoms with van der Waals surface area (Å²) in [5.74, 6) is 0.832. The van der Waals surface area contributed by atoms with Crippen molar-refractivity contribution in [1.29, 1.82) is 0 Å². The van der Waals surface area contributed by atoms with E-state index in [9.17, 15) is 4.79 Å². The van der Waals surface area contributed by atoms with Crippen LogP contribution in [0.3, 0.4) is 0 Å². The summed E-state index contributed by atoms with van der Waals surface area (Å²) in [5.41, 5.74) is 0.874. The molecule has 2 heterocycles. The molecule has 107 valence electrons. The van der Waals surface area contributed by atoms with Crippen LogP contribution in [-0.2, 0) is 4.79 Å². The maximum absolute atomic E-state index is 12.1. The first-order valence-electron chi connectivity index (χ1n) is 7.01. The predicted molar refractivity (Wildman–Crippen MR) is 82.0 cm³/mol. The molecule has 0 bridgehead atoms. The first kappa shape index (κ1) is 13.9. The second-order valence-corrected chi connectivity index (χ2v) is 6.07. The van der Waals surface area contributed by atoms with Gasteiger partial charge in [0.05, 0.1) is 5.69 Å². The van der Waals surface area contributed by atoms with Crippen molar-refractivity contribution in [2.45, 2.75) is 12.8 Å². The second kappa shape index (κ2) is 6.14. The highest BCUT2D eigenvalue weighted by atomic mass is 79.9. The van der Waals surface area contributed by atoms with Crippen molar-refractivity contribution in [3.05, 3.63) is 29.1 Å². The number of ether oxygens (including phenoxy) is 1. The number of hydrogen-bond donors (Lipinski definition) is 0. The number of anilines is 1. The number of amides is 1. The minimum atomic E-state index is 0.0409. The van der Waals surface area contributed by atoms with Crippen LogP contribution >= 0.6 is 15.9 Å². The van der Waals surface area contributed by atoms with Gasteiger partial charge < -0.3 is 14.5 Å². The van der Waals surface area contributed by atoms with Gasteiger partial charge >= 0.3 is 0 Å². The Balaban J connectivity index is 1.71. The van der Waals surface area contributed by atoms with Crippen LogP contribution in [0.5, 0.6) is 5.75 Å². The third-order valence-corrected chi connectivity index (χ3v) is 4.30. The number of rotatable bonds is 3. The van der Waals surface area contributed by atoms with Gasteiger partial charge in [0.2, 0.25) is 0 Å². The van der Waals surface area contributed by atoms with Crippen molar-refractivity contribution in [2.75, 3.05) is 37.7 Å². The van der Waals surface area contributed by atoms with Crippen LogP contribution in [0.2, 0.25) is 0 Å². The molecular formula is C15H18BrN2O2. The van der Waals surface area contributed by atoms with Gasteiger partial charge in [-0.1, -0.05) is 15.9 Å². The minimum Gasteiger partial charge on any atom is -0.482 e.